The molecule has 0 aliphatic heterocycles. The van der Waals surface area contributed by atoms with E-state index in [1.54, 1.807) is 66.9 Å². The highest BCUT2D eigenvalue weighted by Crippen LogP contribution is 2.58. The van der Waals surface area contributed by atoms with Crippen molar-refractivity contribution < 1.29 is 13.2 Å². The van der Waals surface area contributed by atoms with Crippen LogP contribution in [0.1, 0.15) is 18.1 Å². The number of fused-ring (bicyclic) bond motifs is 3. The van der Waals surface area contributed by atoms with E-state index >= 15 is 0 Å². The summed E-state index contributed by atoms with van der Waals surface area (Å²) in [5.41, 5.74) is 0.904. The maximum Gasteiger partial charge on any atom is 0.402 e. The number of aromatic nitrogens is 1. The summed E-state index contributed by atoms with van der Waals surface area (Å²) < 4.78 is 42.5. The van der Waals surface area contributed by atoms with Crippen LogP contribution >= 0.6 is 0 Å². The molecule has 1 unspecified atom stereocenters. The first-order valence-electron chi connectivity index (χ1n) is 7.66. The van der Waals surface area contributed by atoms with Gasteiger partial charge in [0.25, 0.3) is 0 Å². The zero-order valence-electron chi connectivity index (χ0n) is 12.9. The normalized spacial score (nSPS) is 19.0. The Morgan fingerprint density at radius 2 is 1.46 bits per heavy atom. The minimum Gasteiger partial charge on any atom is -0.256 e. The Morgan fingerprint density at radius 3 is 2.17 bits per heavy atom. The van der Waals surface area contributed by atoms with Crippen LogP contribution in [0.25, 0.3) is 22.4 Å². The van der Waals surface area contributed by atoms with Gasteiger partial charge in [-0.3, -0.25) is 4.98 Å². The van der Waals surface area contributed by atoms with E-state index in [0.29, 0.717) is 27.9 Å². The standard InChI is InChI=1S/C20H14F3N/c1-19(20(21,22)23)16-10-3-2-7-13(16)14-8-6-9-15(18(14)19)17-11-4-5-12-24-17/h2-12H,1H3. The molecule has 2 aromatic carbocycles. The van der Waals surface area contributed by atoms with Gasteiger partial charge in [0.1, 0.15) is 5.41 Å². The first-order chi connectivity index (χ1) is 11.4. The lowest BCUT2D eigenvalue weighted by Crippen LogP contribution is -2.39. The molecule has 1 atom stereocenters. The van der Waals surface area contributed by atoms with Gasteiger partial charge in [-0.15, -0.1) is 0 Å². The Bertz CT molecular complexity index is 916. The molecule has 1 heterocycles. The Hall–Kier alpha value is -2.62. The van der Waals surface area contributed by atoms with Gasteiger partial charge in [0, 0.05) is 11.8 Å². The van der Waals surface area contributed by atoms with E-state index in [0.717, 1.165) is 0 Å². The molecule has 4 heteroatoms. The first-order valence-corrected chi connectivity index (χ1v) is 7.66. The summed E-state index contributed by atoms with van der Waals surface area (Å²) in [7, 11) is 0. The molecule has 120 valence electrons. The molecule has 1 aliphatic carbocycles. The van der Waals surface area contributed by atoms with E-state index < -0.39 is 11.6 Å². The van der Waals surface area contributed by atoms with Crippen molar-refractivity contribution in [1.29, 1.82) is 0 Å². The summed E-state index contributed by atoms with van der Waals surface area (Å²) in [4.78, 5) is 4.27. The van der Waals surface area contributed by atoms with Crippen LogP contribution < -0.4 is 0 Å². The summed E-state index contributed by atoms with van der Waals surface area (Å²) in [5.74, 6) is 0. The zero-order chi connectivity index (χ0) is 16.9. The number of hydrogen-bond acceptors (Lipinski definition) is 1. The highest BCUT2D eigenvalue weighted by Gasteiger charge is 2.58. The van der Waals surface area contributed by atoms with Crippen molar-refractivity contribution in [3.63, 3.8) is 0 Å². The Kier molecular flexibility index (Phi) is 3.07. The highest BCUT2D eigenvalue weighted by molar-refractivity contribution is 5.88. The average molecular weight is 325 g/mol. The first kappa shape index (κ1) is 14.9. The minimum atomic E-state index is -4.40. The number of hydrogen-bond donors (Lipinski definition) is 0. The topological polar surface area (TPSA) is 12.9 Å². The predicted octanol–water partition coefficient (Wildman–Crippen LogP) is 5.60. The zero-order valence-corrected chi connectivity index (χ0v) is 12.9. The summed E-state index contributed by atoms with van der Waals surface area (Å²) in [5, 5.41) is 0. The van der Waals surface area contributed by atoms with Gasteiger partial charge in [0.2, 0.25) is 0 Å². The molecular formula is C20H14F3N. The van der Waals surface area contributed by atoms with E-state index in [-0.39, 0.29) is 5.56 Å². The van der Waals surface area contributed by atoms with E-state index in [2.05, 4.69) is 4.98 Å². The van der Waals surface area contributed by atoms with Crippen LogP contribution in [-0.4, -0.2) is 11.2 Å². The van der Waals surface area contributed by atoms with E-state index in [1.165, 1.54) is 6.92 Å². The van der Waals surface area contributed by atoms with Gasteiger partial charge in [0.15, 0.2) is 0 Å². The second-order valence-corrected chi connectivity index (χ2v) is 6.11. The minimum absolute atomic E-state index is 0.289. The molecule has 1 aromatic heterocycles. The molecule has 0 fully saturated rings. The van der Waals surface area contributed by atoms with Crippen molar-refractivity contribution in [3.05, 3.63) is 78.0 Å². The third kappa shape index (κ3) is 1.86. The van der Waals surface area contributed by atoms with Gasteiger partial charge in [0.05, 0.1) is 5.69 Å². The fourth-order valence-electron chi connectivity index (χ4n) is 3.63. The molecule has 0 amide bonds. The average Bonchev–Trinajstić information content (AvgIpc) is 2.87. The van der Waals surface area contributed by atoms with Crippen LogP contribution in [0, 0.1) is 0 Å². The Morgan fingerprint density at radius 1 is 0.792 bits per heavy atom. The number of pyridine rings is 1. The molecular weight excluding hydrogens is 311 g/mol. The van der Waals surface area contributed by atoms with Crippen molar-refractivity contribution in [2.24, 2.45) is 0 Å². The Balaban J connectivity index is 2.11. The lowest BCUT2D eigenvalue weighted by Gasteiger charge is -2.31. The van der Waals surface area contributed by atoms with Crippen LogP contribution in [0.4, 0.5) is 13.2 Å². The van der Waals surface area contributed by atoms with Crippen LogP contribution in [0.5, 0.6) is 0 Å². The second-order valence-electron chi connectivity index (χ2n) is 6.11. The van der Waals surface area contributed by atoms with Gasteiger partial charge in [-0.1, -0.05) is 48.5 Å². The molecule has 0 saturated carbocycles. The van der Waals surface area contributed by atoms with Gasteiger partial charge < -0.3 is 0 Å². The van der Waals surface area contributed by atoms with Crippen molar-refractivity contribution in [2.75, 3.05) is 0 Å². The fourth-order valence-corrected chi connectivity index (χ4v) is 3.63. The monoisotopic (exact) mass is 325 g/mol. The SMILES string of the molecule is CC1(C(F)(F)F)c2ccccc2-c2cccc(-c3ccccn3)c21. The summed E-state index contributed by atoms with van der Waals surface area (Å²) in [6, 6.07) is 17.3. The lowest BCUT2D eigenvalue weighted by molar-refractivity contribution is -0.171. The molecule has 0 bridgehead atoms. The highest BCUT2D eigenvalue weighted by atomic mass is 19.4. The van der Waals surface area contributed by atoms with E-state index in [9.17, 15) is 13.2 Å². The second kappa shape index (κ2) is 4.94. The molecule has 1 nitrogen and oxygen atoms in total. The third-order valence-electron chi connectivity index (χ3n) is 4.83. The van der Waals surface area contributed by atoms with Crippen molar-refractivity contribution in [2.45, 2.75) is 18.5 Å². The fraction of sp³-hybridized carbons (Fsp3) is 0.150. The number of rotatable bonds is 1. The van der Waals surface area contributed by atoms with Crippen molar-refractivity contribution >= 4 is 0 Å². The third-order valence-corrected chi connectivity index (χ3v) is 4.83. The van der Waals surface area contributed by atoms with Crippen LogP contribution in [-0.2, 0) is 5.41 Å². The number of halogens is 3. The van der Waals surface area contributed by atoms with Gasteiger partial charge in [-0.05, 0) is 41.3 Å². The molecule has 0 radical (unpaired) electrons. The molecule has 1 aliphatic rings. The largest absolute Gasteiger partial charge is 0.402 e. The number of nitrogens with zero attached hydrogens (tertiary/aromatic N) is 1. The summed E-state index contributed by atoms with van der Waals surface area (Å²) in [6.07, 6.45) is -2.80. The maximum absolute atomic E-state index is 14.2. The van der Waals surface area contributed by atoms with Crippen molar-refractivity contribution in [3.8, 4) is 22.4 Å². The van der Waals surface area contributed by atoms with Gasteiger partial charge in [-0.2, -0.15) is 13.2 Å². The van der Waals surface area contributed by atoms with Crippen molar-refractivity contribution in [1.82, 2.24) is 4.98 Å². The predicted molar refractivity (Wildman–Crippen MR) is 87.6 cm³/mol. The molecule has 0 spiro atoms. The quantitative estimate of drug-likeness (QED) is 0.568. The smallest absolute Gasteiger partial charge is 0.256 e. The van der Waals surface area contributed by atoms with Gasteiger partial charge in [-0.25, -0.2) is 0 Å². The van der Waals surface area contributed by atoms with E-state index in [4.69, 9.17) is 0 Å². The lowest BCUT2D eigenvalue weighted by atomic mass is 9.77. The van der Waals surface area contributed by atoms with Crippen LogP contribution in [0.15, 0.2) is 66.9 Å². The molecule has 4 rings (SSSR count). The Labute approximate surface area is 137 Å². The van der Waals surface area contributed by atoms with Crippen LogP contribution in [0.2, 0.25) is 0 Å². The molecule has 0 N–H and O–H groups in total. The number of alkyl halides is 3. The summed E-state index contributed by atoms with van der Waals surface area (Å²) in [6.45, 7) is 1.27. The van der Waals surface area contributed by atoms with Gasteiger partial charge >= 0.3 is 6.18 Å². The van der Waals surface area contributed by atoms with E-state index in [1.807, 2.05) is 0 Å². The molecule has 3 aromatic rings. The maximum atomic E-state index is 14.2. The summed E-state index contributed by atoms with van der Waals surface area (Å²) >= 11 is 0. The molecule has 24 heavy (non-hydrogen) atoms. The molecule has 0 saturated heterocycles. The van der Waals surface area contributed by atoms with Crippen LogP contribution in [0.3, 0.4) is 0 Å². The number of benzene rings is 2.